The largest absolute Gasteiger partial charge is 0.392 e. The molecule has 1 amide bonds. The van der Waals surface area contributed by atoms with Crippen molar-refractivity contribution in [2.75, 3.05) is 6.54 Å². The van der Waals surface area contributed by atoms with Gasteiger partial charge in [-0.2, -0.15) is 0 Å². The van der Waals surface area contributed by atoms with E-state index in [9.17, 15) is 4.79 Å². The fourth-order valence-electron chi connectivity index (χ4n) is 1.67. The van der Waals surface area contributed by atoms with E-state index in [1.54, 1.807) is 6.92 Å². The third kappa shape index (κ3) is 3.86. The van der Waals surface area contributed by atoms with E-state index in [1.165, 1.54) is 0 Å². The third-order valence-electron chi connectivity index (χ3n) is 2.54. The average molecular weight is 235 g/mol. The molecule has 0 aliphatic carbocycles. The smallest absolute Gasteiger partial charge is 0.251 e. The normalized spacial score (nSPS) is 13.2. The molecule has 0 saturated carbocycles. The van der Waals surface area contributed by atoms with Crippen molar-refractivity contribution in [2.45, 2.75) is 39.2 Å². The van der Waals surface area contributed by atoms with Crippen molar-refractivity contribution in [3.05, 3.63) is 35.4 Å². The number of aliphatic hydroxyl groups excluding tert-OH is 1. The van der Waals surface area contributed by atoms with E-state index in [2.05, 4.69) is 26.1 Å². The zero-order chi connectivity index (χ0) is 13.1. The Morgan fingerprint density at radius 3 is 2.47 bits per heavy atom. The van der Waals surface area contributed by atoms with Crippen LogP contribution in [-0.4, -0.2) is 23.7 Å². The second-order valence-corrected chi connectivity index (χ2v) is 5.35. The first-order chi connectivity index (χ1) is 7.82. The van der Waals surface area contributed by atoms with Crippen LogP contribution in [0.1, 0.15) is 43.6 Å². The van der Waals surface area contributed by atoms with Gasteiger partial charge in [-0.3, -0.25) is 4.79 Å². The van der Waals surface area contributed by atoms with Gasteiger partial charge in [0.1, 0.15) is 0 Å². The van der Waals surface area contributed by atoms with Crippen LogP contribution < -0.4 is 5.32 Å². The maximum Gasteiger partial charge on any atom is 0.251 e. The van der Waals surface area contributed by atoms with Crippen LogP contribution in [0.25, 0.3) is 0 Å². The summed E-state index contributed by atoms with van der Waals surface area (Å²) in [6.45, 7) is 8.16. The Morgan fingerprint density at radius 2 is 1.94 bits per heavy atom. The van der Waals surface area contributed by atoms with Crippen LogP contribution in [0.15, 0.2) is 24.3 Å². The monoisotopic (exact) mass is 235 g/mol. The summed E-state index contributed by atoms with van der Waals surface area (Å²) in [6, 6.07) is 7.58. The zero-order valence-electron chi connectivity index (χ0n) is 10.9. The Kier molecular flexibility index (Phi) is 4.29. The molecule has 0 aromatic heterocycles. The van der Waals surface area contributed by atoms with Crippen LogP contribution >= 0.6 is 0 Å². The summed E-state index contributed by atoms with van der Waals surface area (Å²) in [7, 11) is 0. The van der Waals surface area contributed by atoms with Gasteiger partial charge in [0.25, 0.3) is 5.91 Å². The molecule has 3 nitrogen and oxygen atoms in total. The summed E-state index contributed by atoms with van der Waals surface area (Å²) >= 11 is 0. The molecule has 1 aromatic rings. The van der Waals surface area contributed by atoms with Crippen molar-refractivity contribution >= 4 is 5.91 Å². The fraction of sp³-hybridized carbons (Fsp3) is 0.500. The Labute approximate surface area is 103 Å². The molecule has 2 N–H and O–H groups in total. The number of rotatable bonds is 3. The van der Waals surface area contributed by atoms with Crippen molar-refractivity contribution < 1.29 is 9.90 Å². The molecule has 0 radical (unpaired) electrons. The van der Waals surface area contributed by atoms with Crippen LogP contribution in [0.4, 0.5) is 0 Å². The quantitative estimate of drug-likeness (QED) is 0.843. The Bertz CT molecular complexity index is 391. The summed E-state index contributed by atoms with van der Waals surface area (Å²) in [5, 5.41) is 11.9. The molecule has 1 aromatic carbocycles. The summed E-state index contributed by atoms with van der Waals surface area (Å²) in [5.41, 5.74) is 1.63. The van der Waals surface area contributed by atoms with E-state index in [0.29, 0.717) is 5.56 Å². The van der Waals surface area contributed by atoms with E-state index < -0.39 is 6.10 Å². The molecular formula is C14H21NO2. The van der Waals surface area contributed by atoms with Gasteiger partial charge in [0, 0.05) is 12.1 Å². The van der Waals surface area contributed by atoms with E-state index >= 15 is 0 Å². The van der Waals surface area contributed by atoms with Gasteiger partial charge in [-0.1, -0.05) is 39.0 Å². The highest BCUT2D eigenvalue weighted by atomic mass is 16.3. The minimum absolute atomic E-state index is 0.0707. The first-order valence-electron chi connectivity index (χ1n) is 5.88. The van der Waals surface area contributed by atoms with Crippen molar-refractivity contribution in [1.82, 2.24) is 5.32 Å². The standard InChI is InChI=1S/C14H21NO2/c1-10(16)9-15-13(17)11-7-5-6-8-12(11)14(2,3)4/h5-8,10,16H,9H2,1-4H3,(H,15,17). The predicted molar refractivity (Wildman–Crippen MR) is 69.2 cm³/mol. The molecule has 94 valence electrons. The predicted octanol–water partition coefficient (Wildman–Crippen LogP) is 2.09. The van der Waals surface area contributed by atoms with Gasteiger partial charge in [0.05, 0.1) is 6.10 Å². The van der Waals surface area contributed by atoms with Gasteiger partial charge in [-0.05, 0) is 24.0 Å². The minimum atomic E-state index is -0.527. The number of benzene rings is 1. The van der Waals surface area contributed by atoms with Crippen molar-refractivity contribution in [1.29, 1.82) is 0 Å². The molecule has 0 spiro atoms. The lowest BCUT2D eigenvalue weighted by Gasteiger charge is -2.22. The van der Waals surface area contributed by atoms with E-state index in [0.717, 1.165) is 5.56 Å². The van der Waals surface area contributed by atoms with Gasteiger partial charge in [0.2, 0.25) is 0 Å². The Balaban J connectivity index is 2.94. The molecule has 0 bridgehead atoms. The zero-order valence-corrected chi connectivity index (χ0v) is 10.9. The SMILES string of the molecule is CC(O)CNC(=O)c1ccccc1C(C)(C)C. The molecule has 3 heteroatoms. The van der Waals surface area contributed by atoms with Gasteiger partial charge in [0.15, 0.2) is 0 Å². The van der Waals surface area contributed by atoms with Crippen LogP contribution in [0.3, 0.4) is 0 Å². The number of nitrogens with one attached hydrogen (secondary N) is 1. The molecule has 0 heterocycles. The van der Waals surface area contributed by atoms with Crippen LogP contribution in [0.5, 0.6) is 0 Å². The van der Waals surface area contributed by atoms with Gasteiger partial charge >= 0.3 is 0 Å². The van der Waals surface area contributed by atoms with Crippen molar-refractivity contribution in [3.63, 3.8) is 0 Å². The van der Waals surface area contributed by atoms with E-state index in [1.807, 2.05) is 24.3 Å². The van der Waals surface area contributed by atoms with Gasteiger partial charge in [-0.25, -0.2) is 0 Å². The number of aliphatic hydroxyl groups is 1. The van der Waals surface area contributed by atoms with Crippen LogP contribution in [0, 0.1) is 0 Å². The summed E-state index contributed by atoms with van der Waals surface area (Å²) < 4.78 is 0. The molecule has 1 unspecified atom stereocenters. The Hall–Kier alpha value is -1.35. The lowest BCUT2D eigenvalue weighted by Crippen LogP contribution is -2.32. The molecular weight excluding hydrogens is 214 g/mol. The molecule has 0 aliphatic heterocycles. The second kappa shape index (κ2) is 5.32. The molecule has 1 rings (SSSR count). The Morgan fingerprint density at radius 1 is 1.35 bits per heavy atom. The maximum absolute atomic E-state index is 12.0. The third-order valence-corrected chi connectivity index (χ3v) is 2.54. The van der Waals surface area contributed by atoms with E-state index in [-0.39, 0.29) is 17.9 Å². The molecule has 0 fully saturated rings. The summed E-state index contributed by atoms with van der Waals surface area (Å²) in [4.78, 5) is 12.0. The summed E-state index contributed by atoms with van der Waals surface area (Å²) in [5.74, 6) is -0.128. The van der Waals surface area contributed by atoms with E-state index in [4.69, 9.17) is 5.11 Å². The highest BCUT2D eigenvalue weighted by Crippen LogP contribution is 2.25. The number of carbonyl (C=O) groups is 1. The van der Waals surface area contributed by atoms with Crippen molar-refractivity contribution in [2.24, 2.45) is 0 Å². The lowest BCUT2D eigenvalue weighted by atomic mass is 9.83. The topological polar surface area (TPSA) is 49.3 Å². The lowest BCUT2D eigenvalue weighted by molar-refractivity contribution is 0.0922. The highest BCUT2D eigenvalue weighted by molar-refractivity contribution is 5.96. The van der Waals surface area contributed by atoms with Crippen molar-refractivity contribution in [3.8, 4) is 0 Å². The molecule has 0 aliphatic rings. The number of hydrogen-bond donors (Lipinski definition) is 2. The number of hydrogen-bond acceptors (Lipinski definition) is 2. The minimum Gasteiger partial charge on any atom is -0.392 e. The van der Waals surface area contributed by atoms with Gasteiger partial charge < -0.3 is 10.4 Å². The summed E-state index contributed by atoms with van der Waals surface area (Å²) in [6.07, 6.45) is -0.527. The first-order valence-corrected chi connectivity index (χ1v) is 5.88. The fourth-order valence-corrected chi connectivity index (χ4v) is 1.67. The molecule has 0 saturated heterocycles. The molecule has 1 atom stereocenters. The van der Waals surface area contributed by atoms with Crippen LogP contribution in [0.2, 0.25) is 0 Å². The average Bonchev–Trinajstić information content (AvgIpc) is 2.24. The number of amides is 1. The van der Waals surface area contributed by atoms with Gasteiger partial charge in [-0.15, -0.1) is 0 Å². The highest BCUT2D eigenvalue weighted by Gasteiger charge is 2.20. The maximum atomic E-state index is 12.0. The number of carbonyl (C=O) groups excluding carboxylic acids is 1. The first kappa shape index (κ1) is 13.7. The molecule has 17 heavy (non-hydrogen) atoms. The second-order valence-electron chi connectivity index (χ2n) is 5.35. The van der Waals surface area contributed by atoms with Crippen LogP contribution in [-0.2, 0) is 5.41 Å².